The van der Waals surface area contributed by atoms with Gasteiger partial charge in [0.2, 0.25) is 0 Å². The van der Waals surface area contributed by atoms with Crippen molar-refractivity contribution in [3.8, 4) is 0 Å². The molecule has 0 aromatic carbocycles. The molecule has 9 N–H and O–H groups in total. The Bertz CT molecular complexity index is 2150. The van der Waals surface area contributed by atoms with E-state index in [1.807, 2.05) is 6.92 Å². The van der Waals surface area contributed by atoms with Crippen molar-refractivity contribution in [2.24, 2.45) is 11.8 Å². The van der Waals surface area contributed by atoms with E-state index in [1.165, 1.54) is 37.5 Å². The number of hydrogen-bond acceptors (Lipinski definition) is 19. The van der Waals surface area contributed by atoms with E-state index in [4.69, 9.17) is 29.0 Å². The third kappa shape index (κ3) is 26.8. The number of carbonyl (C=O) groups excluding carboxylic acids is 3. The maximum Gasteiger partial charge on any atom is 0.481 e. The van der Waals surface area contributed by atoms with Crippen molar-refractivity contribution in [3.63, 3.8) is 0 Å². The van der Waals surface area contributed by atoms with Gasteiger partial charge in [-0.2, -0.15) is 9.29 Å². The molecular formula is C52H85N3O19P2. The number of unbranched alkanes of at least 4 members (excludes halogenated alkanes) is 9. The first-order valence-electron chi connectivity index (χ1n) is 26.8. The van der Waals surface area contributed by atoms with Crippen LogP contribution in [0.25, 0.3) is 0 Å². The van der Waals surface area contributed by atoms with E-state index in [2.05, 4.69) is 52.7 Å². The first kappa shape index (κ1) is 66.5. The fourth-order valence-electron chi connectivity index (χ4n) is 8.54. The molecule has 0 amide bonds. The summed E-state index contributed by atoms with van der Waals surface area (Å²) < 4.78 is 58.7. The summed E-state index contributed by atoms with van der Waals surface area (Å²) in [6, 6.07) is 1.18. The van der Waals surface area contributed by atoms with Crippen molar-refractivity contribution < 1.29 is 86.4 Å². The molecule has 3 rings (SSSR count). The molecule has 24 heteroatoms. The first-order valence-corrected chi connectivity index (χ1v) is 29.8. The normalized spacial score (nSPS) is 29.8. The van der Waals surface area contributed by atoms with Gasteiger partial charge in [0.15, 0.2) is 6.10 Å². The topological polar surface area (TPSA) is 343 Å². The van der Waals surface area contributed by atoms with E-state index in [-0.39, 0.29) is 37.9 Å². The van der Waals surface area contributed by atoms with Gasteiger partial charge in [-0.3, -0.25) is 28.0 Å². The molecule has 2 bridgehead atoms. The van der Waals surface area contributed by atoms with E-state index in [1.54, 1.807) is 0 Å². The quantitative estimate of drug-likeness (QED) is 0.0226. The van der Waals surface area contributed by atoms with Crippen LogP contribution in [0.1, 0.15) is 161 Å². The van der Waals surface area contributed by atoms with Gasteiger partial charge in [-0.05, 0) is 70.3 Å². The number of hydrogen-bond donors (Lipinski definition) is 8. The molecule has 0 saturated carbocycles. The molecule has 1 aromatic rings. The largest absolute Gasteiger partial charge is 0.481 e. The van der Waals surface area contributed by atoms with Crippen molar-refractivity contribution in [1.29, 1.82) is 0 Å². The van der Waals surface area contributed by atoms with Crippen molar-refractivity contribution in [1.82, 2.24) is 9.55 Å². The average molecular weight is 1120 g/mol. The maximum atomic E-state index is 13.7. The van der Waals surface area contributed by atoms with E-state index < -0.39 is 133 Å². The van der Waals surface area contributed by atoms with Crippen LogP contribution in [0.5, 0.6) is 0 Å². The van der Waals surface area contributed by atoms with Crippen LogP contribution in [0.15, 0.2) is 65.7 Å². The Morgan fingerprint density at radius 2 is 1.45 bits per heavy atom. The number of esters is 2. The predicted molar refractivity (Wildman–Crippen MR) is 282 cm³/mol. The molecule has 76 heavy (non-hydrogen) atoms. The SMILES string of the molecule is CCCCC/C=C\C/C=C\C/C=C\CCCCCCC(=O)OC[C@@H]1COP(=O)(O)OP(=O)(O)OC[C@H]2O[C@@H](n3ccc(N)nc3=O)[C@@H](CC(=O)CCCCC(=O)O1)[C@@H](O)C[C@@H](O)[C@H](/C=C/[C@@H](O)CCCCC)[C@H](O)[C@@H]2O. The number of anilines is 1. The Kier molecular flexibility index (Phi) is 31.9. The smallest absolute Gasteiger partial charge is 0.462 e. The standard InChI is InChI=1S/C52H85N3O19P2/c1-3-5-7-8-9-10-11-12-13-14-15-16-17-18-19-20-22-27-47(60)69-35-40-36-70-75(65,66)74-76(67,68)71-37-45-50(63)49(62)41(30-29-38(56)25-21-6-4-2)43(58)34-44(59)42(33-39(57)26-23-24-28-48(61)72-40)51(73-45)55-32-31-46(53)54-52(55)64/h9-10,12-13,15-16,29-32,38,40-45,49-51,56,58-59,62-63H,3-8,11,14,17-28,33-37H2,1-2H3,(H,65,66)(H,67,68)(H2,53,54,64)/b10-9-,13-12-,16-15-,30-29+/t38-,40+,41-,42-,43+,44-,45+,49-,50+,51+/m0/s1. The number of phosphoric acid groups is 2. The lowest BCUT2D eigenvalue weighted by Crippen LogP contribution is -2.52. The van der Waals surface area contributed by atoms with Crippen molar-refractivity contribution >= 4 is 39.2 Å². The number of aromatic nitrogens is 2. The van der Waals surface area contributed by atoms with Gasteiger partial charge in [0.05, 0.1) is 37.6 Å². The molecule has 0 radical (unpaired) electrons. The van der Waals surface area contributed by atoms with Gasteiger partial charge >= 0.3 is 33.3 Å². The van der Waals surface area contributed by atoms with Gasteiger partial charge in [-0.25, -0.2) is 13.9 Å². The summed E-state index contributed by atoms with van der Waals surface area (Å²) in [6.45, 7) is 1.27. The van der Waals surface area contributed by atoms with E-state index >= 15 is 0 Å². The lowest BCUT2D eigenvalue weighted by Gasteiger charge is -2.40. The number of nitrogens with two attached hydrogens (primary N) is 1. The zero-order valence-corrected chi connectivity index (χ0v) is 45.9. The summed E-state index contributed by atoms with van der Waals surface area (Å²) in [5.41, 5.74) is 4.66. The number of Topliss-reactive ketones (excluding diaryl/α,β-unsaturated/α-hetero) is 1. The molecule has 3 heterocycles. The second-order valence-corrected chi connectivity index (χ2v) is 22.4. The van der Waals surface area contributed by atoms with Gasteiger partial charge in [0.25, 0.3) is 0 Å². The summed E-state index contributed by atoms with van der Waals surface area (Å²) >= 11 is 0. The number of phosphoric ester groups is 2. The lowest BCUT2D eigenvalue weighted by molar-refractivity contribution is -0.196. The number of nitrogen functional groups attached to an aromatic ring is 1. The van der Waals surface area contributed by atoms with Gasteiger partial charge in [0.1, 0.15) is 36.6 Å². The van der Waals surface area contributed by atoms with E-state index in [9.17, 15) is 63.6 Å². The average Bonchev–Trinajstić information content (AvgIpc) is 3.35. The van der Waals surface area contributed by atoms with Crippen LogP contribution in [0, 0.1) is 11.8 Å². The number of carbonyl (C=O) groups is 3. The molecule has 2 saturated heterocycles. The molecule has 2 fully saturated rings. The molecule has 0 spiro atoms. The molecule has 2 aliphatic rings. The third-order valence-electron chi connectivity index (χ3n) is 12.8. The fraction of sp³-hybridized carbons (Fsp3) is 0.712. The minimum atomic E-state index is -5.76. The van der Waals surface area contributed by atoms with Crippen LogP contribution >= 0.6 is 15.6 Å². The maximum absolute atomic E-state index is 13.7. The number of aliphatic hydroxyl groups is 5. The molecule has 2 aliphatic heterocycles. The van der Waals surface area contributed by atoms with Gasteiger partial charge in [-0.1, -0.05) is 107 Å². The predicted octanol–water partition coefficient (Wildman–Crippen LogP) is 6.89. The molecule has 1 aromatic heterocycles. The van der Waals surface area contributed by atoms with Crippen LogP contribution in [-0.2, 0) is 51.1 Å². The van der Waals surface area contributed by atoms with Crippen molar-refractivity contribution in [2.45, 2.75) is 204 Å². The Labute approximate surface area is 446 Å². The Morgan fingerprint density at radius 1 is 0.829 bits per heavy atom. The minimum Gasteiger partial charge on any atom is -0.462 e. The number of cyclic esters (lactones) is 1. The molecule has 2 unspecified atom stereocenters. The van der Waals surface area contributed by atoms with E-state index in [0.29, 0.717) is 19.3 Å². The number of ether oxygens (including phenoxy) is 3. The highest BCUT2D eigenvalue weighted by molar-refractivity contribution is 7.61. The van der Waals surface area contributed by atoms with Crippen LogP contribution in [0.2, 0.25) is 0 Å². The molecule has 12 atom stereocenters. The summed E-state index contributed by atoms with van der Waals surface area (Å²) in [6.07, 6.45) is 14.3. The number of ketones is 1. The second kappa shape index (κ2) is 36.4. The van der Waals surface area contributed by atoms with Crippen molar-refractivity contribution in [3.05, 3.63) is 71.4 Å². The number of allylic oxidation sites excluding steroid dienone is 6. The highest BCUT2D eigenvalue weighted by Gasteiger charge is 2.45. The minimum absolute atomic E-state index is 0.0265. The summed E-state index contributed by atoms with van der Waals surface area (Å²) in [7, 11) is -11.4. The fourth-order valence-corrected chi connectivity index (χ4v) is 10.7. The monoisotopic (exact) mass is 1120 g/mol. The molecule has 22 nitrogen and oxygen atoms in total. The Hall–Kier alpha value is -3.73. The zero-order chi connectivity index (χ0) is 55.9. The number of aliphatic hydroxyl groups excluding tert-OH is 5. The lowest BCUT2D eigenvalue weighted by atomic mass is 9.82. The molecule has 432 valence electrons. The first-order chi connectivity index (χ1) is 36.3. The number of rotatable bonds is 24. The second-order valence-electron chi connectivity index (χ2n) is 19.3. The highest BCUT2D eigenvalue weighted by atomic mass is 31.3. The van der Waals surface area contributed by atoms with Crippen LogP contribution in [0.4, 0.5) is 5.82 Å². The number of fused-ring (bicyclic) bond motifs is 3. The van der Waals surface area contributed by atoms with Gasteiger partial charge in [0, 0.05) is 50.1 Å². The van der Waals surface area contributed by atoms with Crippen LogP contribution in [-0.4, -0.2) is 125 Å². The van der Waals surface area contributed by atoms with Gasteiger partial charge < -0.3 is 55.3 Å². The Morgan fingerprint density at radius 3 is 2.12 bits per heavy atom. The highest BCUT2D eigenvalue weighted by Crippen LogP contribution is 2.60. The number of nitrogens with zero attached hydrogens (tertiary/aromatic N) is 2. The van der Waals surface area contributed by atoms with Crippen LogP contribution < -0.4 is 11.4 Å². The third-order valence-corrected chi connectivity index (χ3v) is 15.4. The van der Waals surface area contributed by atoms with E-state index in [0.717, 1.165) is 68.6 Å². The molecular weight excluding hydrogens is 1030 g/mol. The summed E-state index contributed by atoms with van der Waals surface area (Å²) in [5, 5.41) is 57.4. The molecule has 0 aliphatic carbocycles. The Balaban J connectivity index is 1.76. The zero-order valence-electron chi connectivity index (χ0n) is 44.1. The summed E-state index contributed by atoms with van der Waals surface area (Å²) in [5.74, 6) is -5.21. The summed E-state index contributed by atoms with van der Waals surface area (Å²) in [4.78, 5) is 77.9. The van der Waals surface area contributed by atoms with Crippen LogP contribution in [0.3, 0.4) is 0 Å². The van der Waals surface area contributed by atoms with Gasteiger partial charge in [-0.15, -0.1) is 0 Å². The van der Waals surface area contributed by atoms with Crippen molar-refractivity contribution in [2.75, 3.05) is 25.6 Å².